The van der Waals surface area contributed by atoms with E-state index in [1.165, 1.54) is 6.07 Å². The van der Waals surface area contributed by atoms with Crippen LogP contribution in [0, 0.1) is 12.7 Å². The number of likely N-dealkylation sites (tertiary alicyclic amines) is 1. The molecule has 1 aliphatic rings. The Labute approximate surface area is 128 Å². The molecular weight excluding hydrogens is 283 g/mol. The summed E-state index contributed by atoms with van der Waals surface area (Å²) < 4.78 is 13.5. The van der Waals surface area contributed by atoms with Gasteiger partial charge in [0, 0.05) is 19.5 Å². The van der Waals surface area contributed by atoms with Gasteiger partial charge in [0.25, 0.3) is 0 Å². The fourth-order valence-electron chi connectivity index (χ4n) is 2.77. The topological polar surface area (TPSA) is 51.0 Å². The lowest BCUT2D eigenvalue weighted by atomic mass is 10.1. The van der Waals surface area contributed by atoms with Gasteiger partial charge in [-0.1, -0.05) is 12.1 Å². The zero-order valence-electron chi connectivity index (χ0n) is 12.6. The number of aryl methyl sites for hydroxylation is 2. The monoisotopic (exact) mass is 302 g/mol. The Kier molecular flexibility index (Phi) is 4.18. The minimum Gasteiger partial charge on any atom is -0.340 e. The van der Waals surface area contributed by atoms with Crippen LogP contribution in [0.4, 0.5) is 4.39 Å². The van der Waals surface area contributed by atoms with E-state index < -0.39 is 0 Å². The molecule has 1 amide bonds. The molecule has 0 aliphatic carbocycles. The largest absolute Gasteiger partial charge is 0.340 e. The van der Waals surface area contributed by atoms with Gasteiger partial charge in [-0.2, -0.15) is 15.0 Å². The summed E-state index contributed by atoms with van der Waals surface area (Å²) >= 11 is 0. The summed E-state index contributed by atoms with van der Waals surface area (Å²) in [5.41, 5.74) is 1.49. The van der Waals surface area contributed by atoms with Crippen LogP contribution in [0.3, 0.4) is 0 Å². The van der Waals surface area contributed by atoms with Crippen molar-refractivity contribution < 1.29 is 9.18 Å². The molecule has 0 bridgehead atoms. The van der Waals surface area contributed by atoms with Gasteiger partial charge in [-0.05, 0) is 37.0 Å². The number of benzene rings is 1. The first kappa shape index (κ1) is 14.7. The standard InChI is InChI=1S/C16H19FN4O/c1-12-2-3-13(10-15(12)17)4-5-16(22)20-9-6-14(11-20)21-18-7-8-19-21/h2-3,7-8,10,14H,4-6,9,11H2,1H3. The number of hydrogen-bond donors (Lipinski definition) is 0. The quantitative estimate of drug-likeness (QED) is 0.869. The molecule has 6 heteroatoms. The van der Waals surface area contributed by atoms with E-state index in [-0.39, 0.29) is 17.8 Å². The number of hydrogen-bond acceptors (Lipinski definition) is 3. The van der Waals surface area contributed by atoms with Crippen molar-refractivity contribution in [1.29, 1.82) is 0 Å². The van der Waals surface area contributed by atoms with Crippen molar-refractivity contribution in [2.75, 3.05) is 13.1 Å². The number of amides is 1. The van der Waals surface area contributed by atoms with Crippen LogP contribution < -0.4 is 0 Å². The van der Waals surface area contributed by atoms with Gasteiger partial charge in [0.05, 0.1) is 18.4 Å². The van der Waals surface area contributed by atoms with Crippen LogP contribution in [0.1, 0.15) is 30.0 Å². The Morgan fingerprint density at radius 1 is 1.36 bits per heavy atom. The molecule has 3 rings (SSSR count). The van der Waals surface area contributed by atoms with E-state index in [2.05, 4.69) is 10.2 Å². The number of nitrogens with zero attached hydrogens (tertiary/aromatic N) is 4. The van der Waals surface area contributed by atoms with E-state index in [0.717, 1.165) is 18.5 Å². The van der Waals surface area contributed by atoms with E-state index in [9.17, 15) is 9.18 Å². The van der Waals surface area contributed by atoms with Crippen LogP contribution in [0.15, 0.2) is 30.6 Å². The van der Waals surface area contributed by atoms with E-state index in [4.69, 9.17) is 0 Å². The molecule has 22 heavy (non-hydrogen) atoms. The summed E-state index contributed by atoms with van der Waals surface area (Å²) in [5.74, 6) is -0.105. The van der Waals surface area contributed by atoms with Crippen molar-refractivity contribution in [3.05, 3.63) is 47.5 Å². The average Bonchev–Trinajstić information content (AvgIpc) is 3.18. The Balaban J connectivity index is 1.53. The van der Waals surface area contributed by atoms with Gasteiger partial charge in [0.2, 0.25) is 5.91 Å². The molecule has 2 heterocycles. The van der Waals surface area contributed by atoms with Gasteiger partial charge in [-0.25, -0.2) is 4.39 Å². The highest BCUT2D eigenvalue weighted by atomic mass is 19.1. The number of aromatic nitrogens is 3. The molecule has 116 valence electrons. The van der Waals surface area contributed by atoms with Gasteiger partial charge < -0.3 is 4.90 Å². The third kappa shape index (κ3) is 3.16. The molecular formula is C16H19FN4O. The molecule has 1 saturated heterocycles. The van der Waals surface area contributed by atoms with Gasteiger partial charge in [0.15, 0.2) is 0 Å². The second kappa shape index (κ2) is 6.25. The second-order valence-electron chi connectivity index (χ2n) is 5.72. The summed E-state index contributed by atoms with van der Waals surface area (Å²) in [6.45, 7) is 3.11. The minimum atomic E-state index is -0.212. The predicted molar refractivity (Wildman–Crippen MR) is 79.7 cm³/mol. The predicted octanol–water partition coefficient (Wildman–Crippen LogP) is 2.13. The summed E-state index contributed by atoms with van der Waals surface area (Å²) in [4.78, 5) is 15.8. The maximum absolute atomic E-state index is 13.5. The minimum absolute atomic E-state index is 0.107. The van der Waals surface area contributed by atoms with Gasteiger partial charge in [-0.15, -0.1) is 0 Å². The lowest BCUT2D eigenvalue weighted by Crippen LogP contribution is -2.29. The van der Waals surface area contributed by atoms with E-state index in [0.29, 0.717) is 24.9 Å². The SMILES string of the molecule is Cc1ccc(CCC(=O)N2CCC(n3nccn3)C2)cc1F. The summed E-state index contributed by atoms with van der Waals surface area (Å²) in [6.07, 6.45) is 5.14. The fraction of sp³-hybridized carbons (Fsp3) is 0.438. The normalized spacial score (nSPS) is 17.9. The molecule has 0 N–H and O–H groups in total. The summed E-state index contributed by atoms with van der Waals surface area (Å²) in [7, 11) is 0. The van der Waals surface area contributed by atoms with E-state index >= 15 is 0 Å². The van der Waals surface area contributed by atoms with Crippen LogP contribution >= 0.6 is 0 Å². The summed E-state index contributed by atoms with van der Waals surface area (Å²) in [6, 6.07) is 5.32. The molecule has 1 aromatic heterocycles. The van der Waals surface area contributed by atoms with Gasteiger partial charge in [0.1, 0.15) is 5.82 Å². The maximum atomic E-state index is 13.5. The van der Waals surface area contributed by atoms with Crippen LogP contribution in [0.2, 0.25) is 0 Å². The second-order valence-corrected chi connectivity index (χ2v) is 5.72. The van der Waals surface area contributed by atoms with Crippen molar-refractivity contribution in [2.45, 2.75) is 32.2 Å². The number of rotatable bonds is 4. The summed E-state index contributed by atoms with van der Waals surface area (Å²) in [5, 5.41) is 8.26. The van der Waals surface area contributed by atoms with Gasteiger partial charge >= 0.3 is 0 Å². The lowest BCUT2D eigenvalue weighted by Gasteiger charge is -2.16. The highest BCUT2D eigenvalue weighted by molar-refractivity contribution is 5.76. The number of carbonyl (C=O) groups excluding carboxylic acids is 1. The first-order valence-electron chi connectivity index (χ1n) is 7.52. The van der Waals surface area contributed by atoms with Crippen molar-refractivity contribution in [1.82, 2.24) is 19.9 Å². The van der Waals surface area contributed by atoms with Crippen molar-refractivity contribution in [2.24, 2.45) is 0 Å². The molecule has 0 saturated carbocycles. The first-order chi connectivity index (χ1) is 10.6. The molecule has 1 aromatic carbocycles. The van der Waals surface area contributed by atoms with Crippen LogP contribution in [-0.4, -0.2) is 38.9 Å². The lowest BCUT2D eigenvalue weighted by molar-refractivity contribution is -0.130. The molecule has 0 spiro atoms. The molecule has 5 nitrogen and oxygen atoms in total. The zero-order valence-corrected chi connectivity index (χ0v) is 12.6. The molecule has 2 aromatic rings. The smallest absolute Gasteiger partial charge is 0.222 e. The number of halogens is 1. The van der Waals surface area contributed by atoms with E-state index in [1.807, 2.05) is 11.0 Å². The highest BCUT2D eigenvalue weighted by Crippen LogP contribution is 2.21. The van der Waals surface area contributed by atoms with Gasteiger partial charge in [-0.3, -0.25) is 4.79 Å². The highest BCUT2D eigenvalue weighted by Gasteiger charge is 2.27. The first-order valence-corrected chi connectivity index (χ1v) is 7.52. The molecule has 1 unspecified atom stereocenters. The van der Waals surface area contributed by atoms with Crippen molar-refractivity contribution in [3.63, 3.8) is 0 Å². The fourth-order valence-corrected chi connectivity index (χ4v) is 2.77. The average molecular weight is 302 g/mol. The maximum Gasteiger partial charge on any atom is 0.222 e. The van der Waals surface area contributed by atoms with Crippen molar-refractivity contribution in [3.8, 4) is 0 Å². The zero-order chi connectivity index (χ0) is 15.5. The Morgan fingerprint density at radius 3 is 2.86 bits per heavy atom. The third-order valence-electron chi connectivity index (χ3n) is 4.14. The third-order valence-corrected chi connectivity index (χ3v) is 4.14. The molecule has 1 atom stereocenters. The van der Waals surface area contributed by atoms with Crippen LogP contribution in [0.25, 0.3) is 0 Å². The van der Waals surface area contributed by atoms with Crippen LogP contribution in [-0.2, 0) is 11.2 Å². The Hall–Kier alpha value is -2.24. The van der Waals surface area contributed by atoms with Crippen molar-refractivity contribution >= 4 is 5.91 Å². The number of carbonyl (C=O) groups is 1. The molecule has 1 aliphatic heterocycles. The molecule has 0 radical (unpaired) electrons. The Bertz CT molecular complexity index is 656. The van der Waals surface area contributed by atoms with Crippen LogP contribution in [0.5, 0.6) is 0 Å². The Morgan fingerprint density at radius 2 is 2.14 bits per heavy atom. The molecule has 1 fully saturated rings. The van der Waals surface area contributed by atoms with E-state index in [1.54, 1.807) is 30.2 Å².